The van der Waals surface area contributed by atoms with Crippen LogP contribution in [0, 0.1) is 11.8 Å². The van der Waals surface area contributed by atoms with Crippen molar-refractivity contribution in [3.63, 3.8) is 0 Å². The van der Waals surface area contributed by atoms with Crippen LogP contribution in [0.1, 0.15) is 18.9 Å². The molecule has 1 aliphatic rings. The van der Waals surface area contributed by atoms with Crippen molar-refractivity contribution in [3.05, 3.63) is 23.0 Å². The van der Waals surface area contributed by atoms with Gasteiger partial charge < -0.3 is 19.8 Å². The number of imidazole rings is 1. The molecule has 0 amide bonds. The van der Waals surface area contributed by atoms with Gasteiger partial charge in [0.05, 0.1) is 12.7 Å². The van der Waals surface area contributed by atoms with Crippen molar-refractivity contribution in [1.29, 1.82) is 0 Å². The van der Waals surface area contributed by atoms with E-state index in [1.165, 1.54) is 6.33 Å². The molecule has 2 unspecified atom stereocenters. The molecule has 1 saturated carbocycles. The second kappa shape index (κ2) is 4.75. The summed E-state index contributed by atoms with van der Waals surface area (Å²) in [7, 11) is 0. The predicted molar refractivity (Wildman–Crippen MR) is 67.6 cm³/mol. The van der Waals surface area contributed by atoms with E-state index in [0.717, 1.165) is 12.8 Å². The Hall–Kier alpha value is -1.73. The number of hydrogen-bond acceptors (Lipinski definition) is 5. The first kappa shape index (κ1) is 12.3. The maximum atomic E-state index is 11.6. The van der Waals surface area contributed by atoms with Gasteiger partial charge in [-0.25, -0.2) is 9.97 Å². The van der Waals surface area contributed by atoms with Crippen LogP contribution in [0.5, 0.6) is 0 Å². The lowest BCUT2D eigenvalue weighted by Gasteiger charge is -2.12. The SMILES string of the molecule is O=c1[nH]cnc2c1ncn2C1CC(CO)C(CO)C1. The first-order chi connectivity index (χ1) is 9.24. The van der Waals surface area contributed by atoms with Crippen LogP contribution in [-0.2, 0) is 0 Å². The third-order valence-electron chi connectivity index (χ3n) is 4.04. The molecular weight excluding hydrogens is 248 g/mol. The second-order valence-electron chi connectivity index (χ2n) is 5.07. The molecular formula is C12H16N4O3. The zero-order valence-corrected chi connectivity index (χ0v) is 10.4. The average Bonchev–Trinajstić information content (AvgIpc) is 3.02. The number of aliphatic hydroxyl groups is 2. The van der Waals surface area contributed by atoms with Crippen molar-refractivity contribution in [3.8, 4) is 0 Å². The highest BCUT2D eigenvalue weighted by Crippen LogP contribution is 2.39. The first-order valence-electron chi connectivity index (χ1n) is 6.36. The number of aliphatic hydroxyl groups excluding tert-OH is 2. The van der Waals surface area contributed by atoms with Gasteiger partial charge in [-0.3, -0.25) is 4.79 Å². The van der Waals surface area contributed by atoms with Gasteiger partial charge in [0.1, 0.15) is 0 Å². The normalized spacial score (nSPS) is 27.2. The van der Waals surface area contributed by atoms with Crippen LogP contribution >= 0.6 is 0 Å². The van der Waals surface area contributed by atoms with Gasteiger partial charge in [-0.05, 0) is 24.7 Å². The fourth-order valence-corrected chi connectivity index (χ4v) is 2.98. The summed E-state index contributed by atoms with van der Waals surface area (Å²) in [6, 6.07) is 0.119. The molecule has 0 bridgehead atoms. The average molecular weight is 264 g/mol. The molecule has 0 saturated heterocycles. The zero-order valence-electron chi connectivity index (χ0n) is 10.4. The summed E-state index contributed by atoms with van der Waals surface area (Å²) in [4.78, 5) is 22.4. The maximum absolute atomic E-state index is 11.6. The number of nitrogens with zero attached hydrogens (tertiary/aromatic N) is 3. The largest absolute Gasteiger partial charge is 0.396 e. The zero-order chi connectivity index (χ0) is 13.4. The molecule has 1 aliphatic carbocycles. The summed E-state index contributed by atoms with van der Waals surface area (Å²) in [6.07, 6.45) is 4.51. The Kier molecular flexibility index (Phi) is 3.08. The van der Waals surface area contributed by atoms with Gasteiger partial charge in [-0.1, -0.05) is 0 Å². The van der Waals surface area contributed by atoms with E-state index in [1.807, 2.05) is 4.57 Å². The topological polar surface area (TPSA) is 104 Å². The lowest BCUT2D eigenvalue weighted by atomic mass is 9.98. The van der Waals surface area contributed by atoms with Gasteiger partial charge in [0.2, 0.25) is 0 Å². The fraction of sp³-hybridized carbons (Fsp3) is 0.583. The second-order valence-corrected chi connectivity index (χ2v) is 5.07. The molecule has 3 rings (SSSR count). The molecule has 2 aromatic rings. The predicted octanol–water partition coefficient (Wildman–Crippen LogP) is -0.329. The van der Waals surface area contributed by atoms with Crippen molar-refractivity contribution in [2.45, 2.75) is 18.9 Å². The summed E-state index contributed by atoms with van der Waals surface area (Å²) in [5, 5.41) is 18.7. The van der Waals surface area contributed by atoms with E-state index < -0.39 is 0 Å². The van der Waals surface area contributed by atoms with E-state index in [2.05, 4.69) is 15.0 Å². The molecule has 0 aromatic carbocycles. The van der Waals surface area contributed by atoms with Crippen LogP contribution in [0.2, 0.25) is 0 Å². The van der Waals surface area contributed by atoms with Gasteiger partial charge in [0.15, 0.2) is 11.2 Å². The summed E-state index contributed by atoms with van der Waals surface area (Å²) in [5.74, 6) is 0.184. The summed E-state index contributed by atoms with van der Waals surface area (Å²) < 4.78 is 1.88. The highest BCUT2D eigenvalue weighted by Gasteiger charge is 2.35. The van der Waals surface area contributed by atoms with Crippen molar-refractivity contribution < 1.29 is 10.2 Å². The van der Waals surface area contributed by atoms with Crippen molar-refractivity contribution >= 4 is 11.2 Å². The van der Waals surface area contributed by atoms with Crippen LogP contribution in [0.4, 0.5) is 0 Å². The first-order valence-corrected chi connectivity index (χ1v) is 6.36. The Labute approximate surface area is 108 Å². The van der Waals surface area contributed by atoms with Crippen LogP contribution < -0.4 is 5.56 Å². The van der Waals surface area contributed by atoms with E-state index in [1.54, 1.807) is 6.33 Å². The minimum absolute atomic E-state index is 0.0718. The molecule has 2 atom stereocenters. The molecule has 0 aliphatic heterocycles. The standard InChI is InChI=1S/C12H16N4O3/c17-3-7-1-9(2-8(7)4-18)16-6-15-10-11(16)13-5-14-12(10)19/h5-9,17-18H,1-4H2,(H,13,14,19). The van der Waals surface area contributed by atoms with E-state index >= 15 is 0 Å². The van der Waals surface area contributed by atoms with E-state index in [0.29, 0.717) is 11.2 Å². The molecule has 102 valence electrons. The highest BCUT2D eigenvalue weighted by molar-refractivity contribution is 5.68. The number of rotatable bonds is 3. The lowest BCUT2D eigenvalue weighted by Crippen LogP contribution is -2.15. The summed E-state index contributed by atoms with van der Waals surface area (Å²) in [6.45, 7) is 0.144. The Morgan fingerprint density at radius 2 is 1.95 bits per heavy atom. The Morgan fingerprint density at radius 1 is 1.26 bits per heavy atom. The third kappa shape index (κ3) is 1.95. The third-order valence-corrected chi connectivity index (χ3v) is 4.04. The number of aromatic nitrogens is 4. The van der Waals surface area contributed by atoms with E-state index in [-0.39, 0.29) is 36.7 Å². The summed E-state index contributed by atoms with van der Waals surface area (Å²) in [5.41, 5.74) is 0.638. The Morgan fingerprint density at radius 3 is 2.58 bits per heavy atom. The minimum Gasteiger partial charge on any atom is -0.396 e. The number of H-pyrrole nitrogens is 1. The van der Waals surface area contributed by atoms with Crippen LogP contribution in [0.3, 0.4) is 0 Å². The molecule has 7 nitrogen and oxygen atoms in total. The van der Waals surface area contributed by atoms with Crippen LogP contribution in [0.15, 0.2) is 17.4 Å². The van der Waals surface area contributed by atoms with Gasteiger partial charge >= 0.3 is 0 Å². The van der Waals surface area contributed by atoms with Gasteiger partial charge in [-0.15, -0.1) is 0 Å². The van der Waals surface area contributed by atoms with Crippen molar-refractivity contribution in [2.24, 2.45) is 11.8 Å². The van der Waals surface area contributed by atoms with Crippen LogP contribution in [-0.4, -0.2) is 42.9 Å². The number of fused-ring (bicyclic) bond motifs is 1. The molecule has 0 radical (unpaired) electrons. The fourth-order valence-electron chi connectivity index (χ4n) is 2.98. The smallest absolute Gasteiger partial charge is 0.278 e. The maximum Gasteiger partial charge on any atom is 0.278 e. The van der Waals surface area contributed by atoms with Gasteiger partial charge in [-0.2, -0.15) is 0 Å². The van der Waals surface area contributed by atoms with Crippen molar-refractivity contribution in [1.82, 2.24) is 19.5 Å². The lowest BCUT2D eigenvalue weighted by molar-refractivity contribution is 0.141. The molecule has 19 heavy (non-hydrogen) atoms. The molecule has 2 heterocycles. The molecule has 1 fully saturated rings. The number of aromatic amines is 1. The van der Waals surface area contributed by atoms with Gasteiger partial charge in [0, 0.05) is 19.3 Å². The highest BCUT2D eigenvalue weighted by atomic mass is 16.3. The molecule has 2 aromatic heterocycles. The Balaban J connectivity index is 1.98. The molecule has 0 spiro atoms. The number of hydrogen-bond donors (Lipinski definition) is 3. The van der Waals surface area contributed by atoms with Crippen molar-refractivity contribution in [2.75, 3.05) is 13.2 Å². The molecule has 7 heteroatoms. The minimum atomic E-state index is -0.251. The molecule has 3 N–H and O–H groups in total. The summed E-state index contributed by atoms with van der Waals surface area (Å²) >= 11 is 0. The van der Waals surface area contributed by atoms with E-state index in [9.17, 15) is 15.0 Å². The van der Waals surface area contributed by atoms with E-state index in [4.69, 9.17) is 0 Å². The monoisotopic (exact) mass is 264 g/mol. The van der Waals surface area contributed by atoms with Crippen LogP contribution in [0.25, 0.3) is 11.2 Å². The van der Waals surface area contributed by atoms with Gasteiger partial charge in [0.25, 0.3) is 5.56 Å². The number of nitrogens with one attached hydrogen (secondary N) is 1. The Bertz CT molecular complexity index is 623. The quantitative estimate of drug-likeness (QED) is 0.704.